The van der Waals surface area contributed by atoms with E-state index in [0.717, 1.165) is 12.8 Å². The molecule has 1 N–H and O–H groups in total. The third-order valence-electron chi connectivity index (χ3n) is 4.05. The number of likely N-dealkylation sites (tertiary alicyclic amines) is 1. The molecule has 0 unspecified atom stereocenters. The first-order valence-electron chi connectivity index (χ1n) is 7.40. The summed E-state index contributed by atoms with van der Waals surface area (Å²) in [5.74, 6) is 0.0275. The molecule has 0 aromatic carbocycles. The summed E-state index contributed by atoms with van der Waals surface area (Å²) in [4.78, 5) is 26.2. The molecule has 2 aromatic heterocycles. The van der Waals surface area contributed by atoms with Gasteiger partial charge in [0.2, 0.25) is 0 Å². The van der Waals surface area contributed by atoms with Crippen LogP contribution in [-0.2, 0) is 0 Å². The maximum absolute atomic E-state index is 12.3. The predicted octanol–water partition coefficient (Wildman–Crippen LogP) is 1.46. The molecule has 0 aliphatic carbocycles. The highest BCUT2D eigenvalue weighted by Gasteiger charge is 2.29. The SMILES string of the molecule is O=C(c1cnccn1)N1CCC([C@H](O)c2ccccn2)CC1. The number of carbonyl (C=O) groups is 1. The Balaban J connectivity index is 1.60. The first kappa shape index (κ1) is 14.6. The molecule has 0 spiro atoms. The van der Waals surface area contributed by atoms with Crippen LogP contribution in [0.4, 0.5) is 0 Å². The van der Waals surface area contributed by atoms with Crippen LogP contribution in [0.2, 0.25) is 0 Å². The normalized spacial score (nSPS) is 17.2. The Morgan fingerprint density at radius 3 is 2.64 bits per heavy atom. The third kappa shape index (κ3) is 3.12. The van der Waals surface area contributed by atoms with E-state index in [0.29, 0.717) is 24.5 Å². The fourth-order valence-corrected chi connectivity index (χ4v) is 2.78. The summed E-state index contributed by atoms with van der Waals surface area (Å²) in [5.41, 5.74) is 1.06. The number of hydrogen-bond donors (Lipinski definition) is 1. The average Bonchev–Trinajstić information content (AvgIpc) is 2.62. The maximum atomic E-state index is 12.3. The minimum atomic E-state index is -0.574. The van der Waals surface area contributed by atoms with Gasteiger partial charge in [-0.15, -0.1) is 0 Å². The lowest BCUT2D eigenvalue weighted by Crippen LogP contribution is -2.40. The Kier molecular flexibility index (Phi) is 4.39. The smallest absolute Gasteiger partial charge is 0.274 e. The van der Waals surface area contributed by atoms with Gasteiger partial charge in [0.1, 0.15) is 5.69 Å². The fraction of sp³-hybridized carbons (Fsp3) is 0.375. The number of aliphatic hydroxyl groups is 1. The second-order valence-corrected chi connectivity index (χ2v) is 5.42. The molecule has 3 rings (SSSR count). The molecule has 1 aliphatic rings. The van der Waals surface area contributed by atoms with Gasteiger partial charge in [-0.2, -0.15) is 0 Å². The van der Waals surface area contributed by atoms with Gasteiger partial charge in [0.05, 0.1) is 18.0 Å². The van der Waals surface area contributed by atoms with Crippen LogP contribution >= 0.6 is 0 Å². The number of amides is 1. The molecule has 22 heavy (non-hydrogen) atoms. The lowest BCUT2D eigenvalue weighted by atomic mass is 9.89. The van der Waals surface area contributed by atoms with Gasteiger partial charge in [-0.25, -0.2) is 4.98 Å². The number of nitrogens with zero attached hydrogens (tertiary/aromatic N) is 4. The number of hydrogen-bond acceptors (Lipinski definition) is 5. The van der Waals surface area contributed by atoms with E-state index in [9.17, 15) is 9.90 Å². The third-order valence-corrected chi connectivity index (χ3v) is 4.05. The van der Waals surface area contributed by atoms with Crippen LogP contribution in [-0.4, -0.2) is 44.0 Å². The van der Waals surface area contributed by atoms with Gasteiger partial charge in [-0.1, -0.05) is 6.07 Å². The molecule has 0 radical (unpaired) electrons. The molecule has 3 heterocycles. The summed E-state index contributed by atoms with van der Waals surface area (Å²) in [7, 11) is 0. The minimum Gasteiger partial charge on any atom is -0.387 e. The number of aliphatic hydroxyl groups excluding tert-OH is 1. The van der Waals surface area contributed by atoms with Crippen molar-refractivity contribution < 1.29 is 9.90 Å². The standard InChI is InChI=1S/C16H18N4O2/c21-15(13-3-1-2-6-18-13)12-4-9-20(10-5-12)16(22)14-11-17-7-8-19-14/h1-3,6-8,11-12,15,21H,4-5,9-10H2/t15-/m0/s1. The van der Waals surface area contributed by atoms with E-state index in [4.69, 9.17) is 0 Å². The molecule has 0 saturated carbocycles. The van der Waals surface area contributed by atoms with Crippen LogP contribution in [0, 0.1) is 5.92 Å². The van der Waals surface area contributed by atoms with Gasteiger partial charge in [0, 0.05) is 31.7 Å². The van der Waals surface area contributed by atoms with Crippen molar-refractivity contribution in [3.8, 4) is 0 Å². The Bertz CT molecular complexity index is 613. The lowest BCUT2D eigenvalue weighted by Gasteiger charge is -2.33. The molecule has 0 bridgehead atoms. The van der Waals surface area contributed by atoms with Crippen LogP contribution in [0.25, 0.3) is 0 Å². The summed E-state index contributed by atoms with van der Waals surface area (Å²) >= 11 is 0. The highest BCUT2D eigenvalue weighted by molar-refractivity contribution is 5.92. The van der Waals surface area contributed by atoms with Crippen molar-refractivity contribution in [2.75, 3.05) is 13.1 Å². The zero-order valence-corrected chi connectivity index (χ0v) is 12.2. The second-order valence-electron chi connectivity index (χ2n) is 5.42. The molecule has 1 atom stereocenters. The monoisotopic (exact) mass is 298 g/mol. The van der Waals surface area contributed by atoms with E-state index in [1.165, 1.54) is 12.4 Å². The molecule has 1 amide bonds. The van der Waals surface area contributed by atoms with Gasteiger partial charge in [0.15, 0.2) is 0 Å². The molecular weight excluding hydrogens is 280 g/mol. The van der Waals surface area contributed by atoms with Gasteiger partial charge in [0.25, 0.3) is 5.91 Å². The van der Waals surface area contributed by atoms with Crippen LogP contribution in [0.15, 0.2) is 43.0 Å². The van der Waals surface area contributed by atoms with Crippen molar-refractivity contribution in [2.24, 2.45) is 5.92 Å². The highest BCUT2D eigenvalue weighted by atomic mass is 16.3. The van der Waals surface area contributed by atoms with E-state index >= 15 is 0 Å². The fourth-order valence-electron chi connectivity index (χ4n) is 2.78. The zero-order valence-electron chi connectivity index (χ0n) is 12.2. The van der Waals surface area contributed by atoms with Gasteiger partial charge in [-0.05, 0) is 30.9 Å². The minimum absolute atomic E-state index is 0.0983. The number of rotatable bonds is 3. The summed E-state index contributed by atoms with van der Waals surface area (Å²) in [5, 5.41) is 10.4. The summed E-state index contributed by atoms with van der Waals surface area (Å²) in [6.07, 6.45) is 7.17. The molecule has 1 aliphatic heterocycles. The lowest BCUT2D eigenvalue weighted by molar-refractivity contribution is 0.0444. The van der Waals surface area contributed by atoms with Gasteiger partial charge < -0.3 is 10.0 Å². The van der Waals surface area contributed by atoms with E-state index in [2.05, 4.69) is 15.0 Å². The maximum Gasteiger partial charge on any atom is 0.274 e. The zero-order chi connectivity index (χ0) is 15.4. The number of pyridine rings is 1. The Hall–Kier alpha value is -2.34. The van der Waals surface area contributed by atoms with Crippen molar-refractivity contribution in [3.63, 3.8) is 0 Å². The predicted molar refractivity (Wildman–Crippen MR) is 79.9 cm³/mol. The Labute approximate surface area is 128 Å². The van der Waals surface area contributed by atoms with Crippen LogP contribution in [0.1, 0.15) is 35.1 Å². The second kappa shape index (κ2) is 6.62. The molecule has 114 valence electrons. The highest BCUT2D eigenvalue weighted by Crippen LogP contribution is 2.29. The van der Waals surface area contributed by atoms with E-state index < -0.39 is 6.10 Å². The number of carbonyl (C=O) groups excluding carboxylic acids is 1. The van der Waals surface area contributed by atoms with Crippen LogP contribution < -0.4 is 0 Å². The quantitative estimate of drug-likeness (QED) is 0.928. The van der Waals surface area contributed by atoms with Crippen molar-refractivity contribution in [3.05, 3.63) is 54.4 Å². The van der Waals surface area contributed by atoms with Gasteiger partial charge in [-0.3, -0.25) is 14.8 Å². The first-order valence-corrected chi connectivity index (χ1v) is 7.40. The first-order chi connectivity index (χ1) is 10.8. The molecule has 1 saturated heterocycles. The summed E-state index contributed by atoms with van der Waals surface area (Å²) < 4.78 is 0. The van der Waals surface area contributed by atoms with E-state index in [1.54, 1.807) is 17.3 Å². The number of aromatic nitrogens is 3. The largest absolute Gasteiger partial charge is 0.387 e. The van der Waals surface area contributed by atoms with Crippen LogP contribution in [0.5, 0.6) is 0 Å². The summed E-state index contributed by atoms with van der Waals surface area (Å²) in [6.45, 7) is 1.23. The number of piperidine rings is 1. The average molecular weight is 298 g/mol. The molecular formula is C16H18N4O2. The van der Waals surface area contributed by atoms with E-state index in [-0.39, 0.29) is 11.8 Å². The molecule has 1 fully saturated rings. The van der Waals surface area contributed by atoms with Gasteiger partial charge >= 0.3 is 0 Å². The topological polar surface area (TPSA) is 79.2 Å². The Morgan fingerprint density at radius 1 is 1.18 bits per heavy atom. The van der Waals surface area contributed by atoms with Crippen molar-refractivity contribution in [1.29, 1.82) is 0 Å². The Morgan fingerprint density at radius 2 is 2.00 bits per heavy atom. The summed E-state index contributed by atoms with van der Waals surface area (Å²) in [6, 6.07) is 5.54. The van der Waals surface area contributed by atoms with Crippen molar-refractivity contribution in [2.45, 2.75) is 18.9 Å². The molecule has 2 aromatic rings. The van der Waals surface area contributed by atoms with E-state index in [1.807, 2.05) is 18.2 Å². The van der Waals surface area contributed by atoms with Crippen molar-refractivity contribution in [1.82, 2.24) is 19.9 Å². The van der Waals surface area contributed by atoms with Crippen molar-refractivity contribution >= 4 is 5.91 Å². The van der Waals surface area contributed by atoms with Crippen LogP contribution in [0.3, 0.4) is 0 Å². The molecule has 6 heteroatoms. The molecule has 6 nitrogen and oxygen atoms in total.